The van der Waals surface area contributed by atoms with Crippen LogP contribution in [0.1, 0.15) is 40.0 Å². The first-order valence-corrected chi connectivity index (χ1v) is 9.04. The number of carbonyl (C=O) groups excluding carboxylic acids is 1. The first kappa shape index (κ1) is 15.8. The Morgan fingerprint density at radius 1 is 1.35 bits per heavy atom. The van der Waals surface area contributed by atoms with Crippen molar-refractivity contribution in [3.05, 3.63) is 0 Å². The molecule has 0 aromatic rings. The fraction of sp³-hybridized carbons (Fsp3) is 0.929. The first-order valence-electron chi connectivity index (χ1n) is 7.19. The van der Waals surface area contributed by atoms with E-state index in [4.69, 9.17) is 0 Å². The maximum atomic E-state index is 12.1. The van der Waals surface area contributed by atoms with Crippen LogP contribution in [0.15, 0.2) is 0 Å². The minimum atomic E-state index is -3.31. The molecule has 20 heavy (non-hydrogen) atoms. The molecule has 2 fully saturated rings. The molecule has 2 aliphatic carbocycles. The van der Waals surface area contributed by atoms with E-state index < -0.39 is 10.0 Å². The highest BCUT2D eigenvalue weighted by Crippen LogP contribution is 2.65. The summed E-state index contributed by atoms with van der Waals surface area (Å²) in [5.74, 6) is 0.456. The van der Waals surface area contributed by atoms with Crippen LogP contribution in [0.4, 0.5) is 0 Å². The molecular formula is C14H26N2O3S. The molecule has 2 aliphatic rings. The molecule has 1 amide bonds. The van der Waals surface area contributed by atoms with Crippen molar-refractivity contribution in [1.82, 2.24) is 9.62 Å². The lowest BCUT2D eigenvalue weighted by atomic mass is 9.69. The predicted molar refractivity (Wildman–Crippen MR) is 78.6 cm³/mol. The molecule has 0 saturated heterocycles. The fourth-order valence-corrected chi connectivity index (χ4v) is 4.33. The SMILES string of the molecule is CN(CC(=O)NC1CC2CCC1(C)C2(C)C)S(C)(=O)=O. The van der Waals surface area contributed by atoms with Gasteiger partial charge in [-0.05, 0) is 36.0 Å². The van der Waals surface area contributed by atoms with E-state index in [2.05, 4.69) is 26.1 Å². The Balaban J connectivity index is 2.01. The number of nitrogens with zero attached hydrogens (tertiary/aromatic N) is 1. The monoisotopic (exact) mass is 302 g/mol. The topological polar surface area (TPSA) is 66.5 Å². The van der Waals surface area contributed by atoms with Crippen LogP contribution in [0.3, 0.4) is 0 Å². The maximum Gasteiger partial charge on any atom is 0.235 e. The second kappa shape index (κ2) is 4.70. The van der Waals surface area contributed by atoms with Crippen molar-refractivity contribution in [2.75, 3.05) is 19.8 Å². The Morgan fingerprint density at radius 3 is 2.35 bits per heavy atom. The van der Waals surface area contributed by atoms with Gasteiger partial charge < -0.3 is 5.32 Å². The van der Waals surface area contributed by atoms with E-state index in [9.17, 15) is 13.2 Å². The molecule has 6 heteroatoms. The Labute approximate surface area is 122 Å². The van der Waals surface area contributed by atoms with Gasteiger partial charge in [-0.1, -0.05) is 20.8 Å². The standard InChI is InChI=1S/C14H26N2O3S/c1-13(2)10-6-7-14(13,3)11(8-10)15-12(17)9-16(4)20(5,18)19/h10-11H,6-9H2,1-5H3,(H,15,17). The Morgan fingerprint density at radius 2 is 1.95 bits per heavy atom. The molecule has 0 aromatic heterocycles. The summed E-state index contributed by atoms with van der Waals surface area (Å²) in [4.78, 5) is 12.1. The van der Waals surface area contributed by atoms with Crippen LogP contribution in [0.2, 0.25) is 0 Å². The first-order chi connectivity index (χ1) is 8.98. The normalized spacial score (nSPS) is 35.5. The van der Waals surface area contributed by atoms with Crippen LogP contribution in [0, 0.1) is 16.7 Å². The van der Waals surface area contributed by atoms with Crippen molar-refractivity contribution in [3.8, 4) is 0 Å². The van der Waals surface area contributed by atoms with Crippen LogP contribution in [0.5, 0.6) is 0 Å². The van der Waals surface area contributed by atoms with Crippen molar-refractivity contribution >= 4 is 15.9 Å². The lowest BCUT2D eigenvalue weighted by molar-refractivity contribution is -0.122. The summed E-state index contributed by atoms with van der Waals surface area (Å²) in [6.07, 6.45) is 4.50. The summed E-state index contributed by atoms with van der Waals surface area (Å²) in [5, 5.41) is 3.06. The number of amides is 1. The number of nitrogens with one attached hydrogen (secondary N) is 1. The van der Waals surface area contributed by atoms with Crippen LogP contribution in [-0.2, 0) is 14.8 Å². The second-order valence-electron chi connectivity index (χ2n) is 7.25. The van der Waals surface area contributed by atoms with Crippen molar-refractivity contribution in [1.29, 1.82) is 0 Å². The van der Waals surface area contributed by atoms with E-state index in [1.807, 2.05) is 0 Å². The fourth-order valence-electron chi connectivity index (χ4n) is 3.98. The van der Waals surface area contributed by atoms with E-state index in [-0.39, 0.29) is 29.3 Å². The van der Waals surface area contributed by atoms with E-state index in [0.717, 1.165) is 23.4 Å². The number of carbonyl (C=O) groups is 1. The largest absolute Gasteiger partial charge is 0.352 e. The van der Waals surface area contributed by atoms with Crippen LogP contribution >= 0.6 is 0 Å². The van der Waals surface area contributed by atoms with Gasteiger partial charge in [0.2, 0.25) is 15.9 Å². The van der Waals surface area contributed by atoms with Crippen LogP contribution in [-0.4, -0.2) is 44.5 Å². The quantitative estimate of drug-likeness (QED) is 0.849. The van der Waals surface area contributed by atoms with Gasteiger partial charge in [0.25, 0.3) is 0 Å². The van der Waals surface area contributed by atoms with Gasteiger partial charge in [-0.2, -0.15) is 4.31 Å². The van der Waals surface area contributed by atoms with Gasteiger partial charge in [0.15, 0.2) is 0 Å². The van der Waals surface area contributed by atoms with Gasteiger partial charge in [-0.3, -0.25) is 4.79 Å². The van der Waals surface area contributed by atoms with Crippen molar-refractivity contribution in [3.63, 3.8) is 0 Å². The second-order valence-corrected chi connectivity index (χ2v) is 9.34. The summed E-state index contributed by atoms with van der Waals surface area (Å²) in [7, 11) is -1.88. The molecule has 2 rings (SSSR count). The zero-order chi connectivity index (χ0) is 15.3. The predicted octanol–water partition coefficient (Wildman–Crippen LogP) is 1.21. The number of hydrogen-bond acceptors (Lipinski definition) is 3. The highest BCUT2D eigenvalue weighted by Gasteiger charge is 2.61. The number of fused-ring (bicyclic) bond motifs is 2. The van der Waals surface area contributed by atoms with Gasteiger partial charge in [0, 0.05) is 13.1 Å². The molecule has 0 aliphatic heterocycles. The zero-order valence-corrected chi connectivity index (χ0v) is 13.9. The summed E-state index contributed by atoms with van der Waals surface area (Å²) >= 11 is 0. The number of rotatable bonds is 4. The minimum Gasteiger partial charge on any atom is -0.352 e. The van der Waals surface area contributed by atoms with E-state index in [1.165, 1.54) is 13.5 Å². The number of sulfonamides is 1. The molecule has 0 radical (unpaired) electrons. The smallest absolute Gasteiger partial charge is 0.235 e. The molecular weight excluding hydrogens is 276 g/mol. The average molecular weight is 302 g/mol. The molecule has 2 bridgehead atoms. The highest BCUT2D eigenvalue weighted by atomic mass is 32.2. The minimum absolute atomic E-state index is 0.101. The third-order valence-corrected chi connectivity index (χ3v) is 7.32. The highest BCUT2D eigenvalue weighted by molar-refractivity contribution is 7.88. The number of likely N-dealkylation sites (N-methyl/N-ethyl adjacent to an activating group) is 1. The van der Waals surface area contributed by atoms with Crippen LogP contribution < -0.4 is 5.32 Å². The van der Waals surface area contributed by atoms with Gasteiger partial charge >= 0.3 is 0 Å². The van der Waals surface area contributed by atoms with E-state index >= 15 is 0 Å². The van der Waals surface area contributed by atoms with Crippen molar-refractivity contribution < 1.29 is 13.2 Å². The van der Waals surface area contributed by atoms with Crippen molar-refractivity contribution in [2.24, 2.45) is 16.7 Å². The summed E-state index contributed by atoms with van der Waals surface area (Å²) in [6.45, 7) is 6.74. The van der Waals surface area contributed by atoms with Gasteiger partial charge in [-0.15, -0.1) is 0 Å². The molecule has 3 atom stereocenters. The van der Waals surface area contributed by atoms with Gasteiger partial charge in [-0.25, -0.2) is 8.42 Å². The average Bonchev–Trinajstić information content (AvgIpc) is 2.60. The molecule has 3 unspecified atom stereocenters. The molecule has 0 spiro atoms. The Hall–Kier alpha value is -0.620. The molecule has 0 aromatic carbocycles. The molecule has 2 saturated carbocycles. The van der Waals surface area contributed by atoms with Gasteiger partial charge in [0.05, 0.1) is 12.8 Å². The van der Waals surface area contributed by atoms with Gasteiger partial charge in [0.1, 0.15) is 0 Å². The van der Waals surface area contributed by atoms with Crippen LogP contribution in [0.25, 0.3) is 0 Å². The maximum absolute atomic E-state index is 12.1. The van der Waals surface area contributed by atoms with E-state index in [0.29, 0.717) is 5.92 Å². The summed E-state index contributed by atoms with van der Waals surface area (Å²) < 4.78 is 23.8. The molecule has 0 heterocycles. The molecule has 5 nitrogen and oxygen atoms in total. The third kappa shape index (κ3) is 2.37. The number of hydrogen-bond donors (Lipinski definition) is 1. The summed E-state index contributed by atoms with van der Waals surface area (Å²) in [6, 6.07) is 0.164. The summed E-state index contributed by atoms with van der Waals surface area (Å²) in [5.41, 5.74) is 0.366. The Bertz CT molecular complexity index is 515. The van der Waals surface area contributed by atoms with E-state index in [1.54, 1.807) is 0 Å². The zero-order valence-electron chi connectivity index (χ0n) is 13.1. The molecule has 116 valence electrons. The Kier molecular flexibility index (Phi) is 3.70. The van der Waals surface area contributed by atoms with Crippen molar-refractivity contribution in [2.45, 2.75) is 46.1 Å². The lowest BCUT2D eigenvalue weighted by Crippen LogP contribution is -2.49. The third-order valence-electron chi connectivity index (χ3n) is 6.06. The molecule has 1 N–H and O–H groups in total. The lowest BCUT2D eigenvalue weighted by Gasteiger charge is -2.39.